The highest BCUT2D eigenvalue weighted by Gasteiger charge is 2.26. The van der Waals surface area contributed by atoms with Crippen LogP contribution in [-0.2, 0) is 5.41 Å². The van der Waals surface area contributed by atoms with E-state index >= 15 is 0 Å². The van der Waals surface area contributed by atoms with Gasteiger partial charge in [-0.15, -0.1) is 0 Å². The van der Waals surface area contributed by atoms with E-state index in [0.29, 0.717) is 23.8 Å². The van der Waals surface area contributed by atoms with E-state index in [2.05, 4.69) is 10.1 Å². The minimum absolute atomic E-state index is 0.190. The van der Waals surface area contributed by atoms with Gasteiger partial charge in [-0.25, -0.2) is 0 Å². The van der Waals surface area contributed by atoms with Gasteiger partial charge in [0.05, 0.1) is 5.41 Å². The normalized spacial score (nSPS) is 11.7. The SMILES string of the molecule is CC(C)(CN)c1nc(-c2ccc(O)c(O)c2)no1. The number of benzene rings is 1. The van der Waals surface area contributed by atoms with Gasteiger partial charge in [-0.3, -0.25) is 0 Å². The van der Waals surface area contributed by atoms with Crippen molar-refractivity contribution in [1.29, 1.82) is 0 Å². The third kappa shape index (κ3) is 2.14. The van der Waals surface area contributed by atoms with Crippen LogP contribution in [-0.4, -0.2) is 26.9 Å². The van der Waals surface area contributed by atoms with Crippen molar-refractivity contribution in [2.45, 2.75) is 19.3 Å². The predicted octanol–water partition coefficient (Wildman–Crippen LogP) is 1.38. The maximum absolute atomic E-state index is 9.42. The van der Waals surface area contributed by atoms with Crippen molar-refractivity contribution in [3.05, 3.63) is 24.1 Å². The monoisotopic (exact) mass is 249 g/mol. The molecule has 2 aromatic rings. The lowest BCUT2D eigenvalue weighted by Crippen LogP contribution is -2.28. The Morgan fingerprint density at radius 2 is 2.00 bits per heavy atom. The molecule has 96 valence electrons. The summed E-state index contributed by atoms with van der Waals surface area (Å²) in [5, 5.41) is 22.5. The Balaban J connectivity index is 2.38. The van der Waals surface area contributed by atoms with Gasteiger partial charge in [0.2, 0.25) is 11.7 Å². The fourth-order valence-corrected chi connectivity index (χ4v) is 1.37. The van der Waals surface area contributed by atoms with Crippen LogP contribution in [0.15, 0.2) is 22.7 Å². The molecule has 2 rings (SSSR count). The van der Waals surface area contributed by atoms with Gasteiger partial charge >= 0.3 is 0 Å². The van der Waals surface area contributed by atoms with Crippen LogP contribution in [0.2, 0.25) is 0 Å². The van der Waals surface area contributed by atoms with Crippen LogP contribution >= 0.6 is 0 Å². The molecule has 0 atom stereocenters. The first-order valence-electron chi connectivity index (χ1n) is 5.50. The first kappa shape index (κ1) is 12.4. The standard InChI is InChI=1S/C12H15N3O3/c1-12(2,6-13)11-14-10(15-18-11)7-3-4-8(16)9(17)5-7/h3-5,16-17H,6,13H2,1-2H3. The molecule has 6 heteroatoms. The first-order chi connectivity index (χ1) is 8.44. The Bertz CT molecular complexity index is 563. The van der Waals surface area contributed by atoms with E-state index in [-0.39, 0.29) is 11.5 Å². The third-order valence-electron chi connectivity index (χ3n) is 2.75. The second kappa shape index (κ2) is 4.30. The maximum Gasteiger partial charge on any atom is 0.233 e. The van der Waals surface area contributed by atoms with Gasteiger partial charge in [-0.2, -0.15) is 4.98 Å². The number of hydrogen-bond donors (Lipinski definition) is 3. The van der Waals surface area contributed by atoms with E-state index in [0.717, 1.165) is 0 Å². The molecule has 18 heavy (non-hydrogen) atoms. The fraction of sp³-hybridized carbons (Fsp3) is 0.333. The molecule has 0 aliphatic heterocycles. The lowest BCUT2D eigenvalue weighted by molar-refractivity contribution is 0.311. The molecule has 0 bridgehead atoms. The maximum atomic E-state index is 9.42. The fourth-order valence-electron chi connectivity index (χ4n) is 1.37. The molecule has 0 aliphatic rings. The van der Waals surface area contributed by atoms with E-state index in [1.165, 1.54) is 12.1 Å². The zero-order chi connectivity index (χ0) is 13.3. The molecule has 6 nitrogen and oxygen atoms in total. The molecule has 0 amide bonds. The smallest absolute Gasteiger partial charge is 0.233 e. The molecule has 1 aromatic heterocycles. The summed E-state index contributed by atoms with van der Waals surface area (Å²) in [6.07, 6.45) is 0. The van der Waals surface area contributed by atoms with Crippen molar-refractivity contribution in [3.63, 3.8) is 0 Å². The third-order valence-corrected chi connectivity index (χ3v) is 2.75. The van der Waals surface area contributed by atoms with Crippen LogP contribution in [0.1, 0.15) is 19.7 Å². The van der Waals surface area contributed by atoms with Crippen molar-refractivity contribution in [2.24, 2.45) is 5.73 Å². The van der Waals surface area contributed by atoms with Gasteiger partial charge in [-0.1, -0.05) is 5.16 Å². The number of rotatable bonds is 3. The van der Waals surface area contributed by atoms with Crippen LogP contribution < -0.4 is 5.73 Å². The molecular formula is C12H15N3O3. The Labute approximate surface area is 104 Å². The average molecular weight is 249 g/mol. The molecule has 1 aromatic carbocycles. The summed E-state index contributed by atoms with van der Waals surface area (Å²) in [6, 6.07) is 4.34. The topological polar surface area (TPSA) is 105 Å². The lowest BCUT2D eigenvalue weighted by atomic mass is 9.94. The van der Waals surface area contributed by atoms with Gasteiger partial charge < -0.3 is 20.5 Å². The quantitative estimate of drug-likeness (QED) is 0.710. The molecule has 0 unspecified atom stereocenters. The van der Waals surface area contributed by atoms with Crippen LogP contribution in [0.5, 0.6) is 11.5 Å². The Morgan fingerprint density at radius 3 is 2.61 bits per heavy atom. The number of aromatic nitrogens is 2. The summed E-state index contributed by atoms with van der Waals surface area (Å²) in [6.45, 7) is 4.19. The van der Waals surface area contributed by atoms with Gasteiger partial charge in [0.1, 0.15) is 0 Å². The molecule has 1 heterocycles. The molecule has 0 saturated carbocycles. The lowest BCUT2D eigenvalue weighted by Gasteiger charge is -2.15. The Kier molecular flexibility index (Phi) is 2.96. The van der Waals surface area contributed by atoms with Crippen molar-refractivity contribution < 1.29 is 14.7 Å². The van der Waals surface area contributed by atoms with Crippen LogP contribution in [0.3, 0.4) is 0 Å². The van der Waals surface area contributed by atoms with Crippen LogP contribution in [0.4, 0.5) is 0 Å². The molecule has 0 aliphatic carbocycles. The largest absolute Gasteiger partial charge is 0.504 e. The molecule has 0 saturated heterocycles. The zero-order valence-electron chi connectivity index (χ0n) is 10.2. The number of hydrogen-bond acceptors (Lipinski definition) is 6. The van der Waals surface area contributed by atoms with Crippen LogP contribution in [0.25, 0.3) is 11.4 Å². The van der Waals surface area contributed by atoms with Gasteiger partial charge in [0, 0.05) is 12.1 Å². The second-order valence-electron chi connectivity index (χ2n) is 4.71. The highest BCUT2D eigenvalue weighted by Crippen LogP contribution is 2.30. The van der Waals surface area contributed by atoms with Gasteiger partial charge in [0.15, 0.2) is 11.5 Å². The minimum Gasteiger partial charge on any atom is -0.504 e. The highest BCUT2D eigenvalue weighted by molar-refractivity contribution is 5.60. The van der Waals surface area contributed by atoms with Crippen molar-refractivity contribution in [3.8, 4) is 22.9 Å². The van der Waals surface area contributed by atoms with E-state index in [1.807, 2.05) is 13.8 Å². The van der Waals surface area contributed by atoms with E-state index in [9.17, 15) is 10.2 Å². The summed E-state index contributed by atoms with van der Waals surface area (Å²) >= 11 is 0. The Morgan fingerprint density at radius 1 is 1.28 bits per heavy atom. The van der Waals surface area contributed by atoms with Gasteiger partial charge in [0.25, 0.3) is 0 Å². The van der Waals surface area contributed by atoms with Crippen molar-refractivity contribution in [2.75, 3.05) is 6.54 Å². The van der Waals surface area contributed by atoms with Crippen LogP contribution in [0, 0.1) is 0 Å². The predicted molar refractivity (Wildman–Crippen MR) is 65.1 cm³/mol. The summed E-state index contributed by atoms with van der Waals surface area (Å²) in [5.41, 5.74) is 5.79. The first-order valence-corrected chi connectivity index (χ1v) is 5.50. The summed E-state index contributed by atoms with van der Waals surface area (Å²) in [5.74, 6) is 0.371. The number of nitrogens with zero attached hydrogens (tertiary/aromatic N) is 2. The summed E-state index contributed by atoms with van der Waals surface area (Å²) in [4.78, 5) is 4.24. The minimum atomic E-state index is -0.399. The Hall–Kier alpha value is -2.08. The summed E-state index contributed by atoms with van der Waals surface area (Å²) in [7, 11) is 0. The molecule has 0 fully saturated rings. The zero-order valence-corrected chi connectivity index (χ0v) is 10.2. The number of nitrogens with two attached hydrogens (primary N) is 1. The second-order valence-corrected chi connectivity index (χ2v) is 4.71. The van der Waals surface area contributed by atoms with E-state index in [1.54, 1.807) is 6.07 Å². The van der Waals surface area contributed by atoms with E-state index in [4.69, 9.17) is 10.3 Å². The molecule has 0 radical (unpaired) electrons. The molecule has 0 spiro atoms. The highest BCUT2D eigenvalue weighted by atomic mass is 16.5. The molecular weight excluding hydrogens is 234 g/mol. The number of phenols is 2. The van der Waals surface area contributed by atoms with Crippen molar-refractivity contribution in [1.82, 2.24) is 10.1 Å². The number of aromatic hydroxyl groups is 2. The van der Waals surface area contributed by atoms with E-state index < -0.39 is 5.41 Å². The average Bonchev–Trinajstić information content (AvgIpc) is 2.83. The number of phenolic OH excluding ortho intramolecular Hbond substituents is 2. The summed E-state index contributed by atoms with van der Waals surface area (Å²) < 4.78 is 5.16. The van der Waals surface area contributed by atoms with Crippen molar-refractivity contribution >= 4 is 0 Å². The molecule has 4 N–H and O–H groups in total. The van der Waals surface area contributed by atoms with Gasteiger partial charge in [-0.05, 0) is 32.0 Å².